The first-order valence-electron chi connectivity index (χ1n) is 6.08. The second-order valence-corrected chi connectivity index (χ2v) is 4.68. The molecule has 0 unspecified atom stereocenters. The third-order valence-corrected chi connectivity index (χ3v) is 3.18. The van der Waals surface area contributed by atoms with Crippen LogP contribution in [0, 0.1) is 0 Å². The zero-order chi connectivity index (χ0) is 16.8. The quantitative estimate of drug-likeness (QED) is 0.499. The van der Waals surface area contributed by atoms with Crippen molar-refractivity contribution in [3.05, 3.63) is 76.4 Å². The highest BCUT2D eigenvalue weighted by atomic mass is 16.3. The standard InChI is InChI=1S/C15H11NO6/c1-3-6(8-10(17)14(21)11(8)18)7(4-5(2)16)9-12(19)15(22)13(9)20/h3-4,17,19H,1,16H2,2H3/b5-4-,7-6-. The number of aromatic hydroxyl groups is 2. The minimum Gasteiger partial charge on any atom is -0.503 e. The SMILES string of the molecule is C=C/C(=C(\C=C(\C)N)c1c(O)c(=O)c1=O)c1c(O)c(=O)c1=O. The monoisotopic (exact) mass is 301 g/mol. The molecule has 0 saturated carbocycles. The molecule has 0 aliphatic rings. The van der Waals surface area contributed by atoms with E-state index in [0.717, 1.165) is 6.08 Å². The summed E-state index contributed by atoms with van der Waals surface area (Å²) in [5, 5.41) is 19.1. The summed E-state index contributed by atoms with van der Waals surface area (Å²) in [6.07, 6.45) is 2.37. The van der Waals surface area contributed by atoms with E-state index in [-0.39, 0.29) is 28.0 Å². The van der Waals surface area contributed by atoms with Crippen LogP contribution in [-0.2, 0) is 0 Å². The second kappa shape index (κ2) is 4.96. The summed E-state index contributed by atoms with van der Waals surface area (Å²) in [5.41, 5.74) is 0.939. The van der Waals surface area contributed by atoms with E-state index in [1.165, 1.54) is 13.0 Å². The Kier molecular flexibility index (Phi) is 3.42. The average Bonchev–Trinajstić information content (AvgIpc) is 2.49. The van der Waals surface area contributed by atoms with Gasteiger partial charge in [-0.1, -0.05) is 12.7 Å². The van der Waals surface area contributed by atoms with Crippen molar-refractivity contribution in [2.75, 3.05) is 0 Å². The van der Waals surface area contributed by atoms with E-state index in [4.69, 9.17) is 5.73 Å². The molecular weight excluding hydrogens is 290 g/mol. The van der Waals surface area contributed by atoms with Gasteiger partial charge in [-0.25, -0.2) is 0 Å². The molecule has 0 aromatic heterocycles. The third kappa shape index (κ3) is 1.91. The lowest BCUT2D eigenvalue weighted by atomic mass is 9.88. The highest BCUT2D eigenvalue weighted by molar-refractivity contribution is 6.03. The number of rotatable bonds is 4. The molecule has 7 nitrogen and oxygen atoms in total. The molecule has 0 fully saturated rings. The third-order valence-electron chi connectivity index (χ3n) is 3.18. The van der Waals surface area contributed by atoms with E-state index < -0.39 is 33.2 Å². The second-order valence-electron chi connectivity index (χ2n) is 4.68. The highest BCUT2D eigenvalue weighted by Crippen LogP contribution is 2.33. The Bertz CT molecular complexity index is 1000. The summed E-state index contributed by atoms with van der Waals surface area (Å²) in [5.74, 6) is -1.53. The molecule has 0 amide bonds. The predicted molar refractivity (Wildman–Crippen MR) is 81.0 cm³/mol. The van der Waals surface area contributed by atoms with Crippen LogP contribution in [0.4, 0.5) is 0 Å². The summed E-state index contributed by atoms with van der Waals surface area (Å²) in [6.45, 7) is 4.94. The van der Waals surface area contributed by atoms with Gasteiger partial charge in [0.05, 0.1) is 11.1 Å². The maximum Gasteiger partial charge on any atom is 0.268 e. The van der Waals surface area contributed by atoms with E-state index >= 15 is 0 Å². The zero-order valence-electron chi connectivity index (χ0n) is 11.5. The molecule has 112 valence electrons. The lowest BCUT2D eigenvalue weighted by Gasteiger charge is -2.14. The fraction of sp³-hybridized carbons (Fsp3) is 0.0667. The van der Waals surface area contributed by atoms with Gasteiger partial charge in [0.1, 0.15) is 0 Å². The minimum absolute atomic E-state index is 0.0560. The molecular formula is C15H11NO6. The van der Waals surface area contributed by atoms with Gasteiger partial charge < -0.3 is 15.9 Å². The first-order chi connectivity index (χ1) is 10.2. The van der Waals surface area contributed by atoms with Gasteiger partial charge in [0.25, 0.3) is 10.9 Å². The largest absolute Gasteiger partial charge is 0.503 e. The molecule has 0 heterocycles. The molecule has 0 aliphatic heterocycles. The van der Waals surface area contributed by atoms with Gasteiger partial charge in [0.2, 0.25) is 10.9 Å². The number of allylic oxidation sites excluding steroid dienone is 5. The van der Waals surface area contributed by atoms with E-state index in [2.05, 4.69) is 6.58 Å². The lowest BCUT2D eigenvalue weighted by molar-refractivity contribution is 0.459. The molecule has 0 bridgehead atoms. The summed E-state index contributed by atoms with van der Waals surface area (Å²) < 4.78 is 0. The molecule has 0 aliphatic carbocycles. The molecule has 0 saturated heterocycles. The molecule has 22 heavy (non-hydrogen) atoms. The van der Waals surface area contributed by atoms with Crippen molar-refractivity contribution in [1.29, 1.82) is 0 Å². The van der Waals surface area contributed by atoms with Crippen molar-refractivity contribution in [2.45, 2.75) is 6.92 Å². The van der Waals surface area contributed by atoms with Crippen molar-refractivity contribution in [2.24, 2.45) is 5.73 Å². The van der Waals surface area contributed by atoms with Crippen molar-refractivity contribution >= 4 is 11.1 Å². The number of nitrogens with two attached hydrogens (primary N) is 1. The maximum absolute atomic E-state index is 11.6. The van der Waals surface area contributed by atoms with Gasteiger partial charge in [0, 0.05) is 5.70 Å². The van der Waals surface area contributed by atoms with Crippen LogP contribution in [0.2, 0.25) is 0 Å². The molecule has 0 atom stereocenters. The van der Waals surface area contributed by atoms with E-state index in [1.807, 2.05) is 0 Å². The molecule has 2 rings (SSSR count). The van der Waals surface area contributed by atoms with Gasteiger partial charge >= 0.3 is 0 Å². The molecule has 2 aromatic carbocycles. The van der Waals surface area contributed by atoms with E-state index in [1.54, 1.807) is 0 Å². The average molecular weight is 301 g/mol. The van der Waals surface area contributed by atoms with Crippen molar-refractivity contribution in [1.82, 2.24) is 0 Å². The fourth-order valence-corrected chi connectivity index (χ4v) is 2.12. The summed E-state index contributed by atoms with van der Waals surface area (Å²) in [6, 6.07) is 0. The first kappa shape index (κ1) is 15.2. The van der Waals surface area contributed by atoms with Crippen molar-refractivity contribution in [3.8, 4) is 11.5 Å². The Morgan fingerprint density at radius 2 is 1.32 bits per heavy atom. The number of hydrogen-bond acceptors (Lipinski definition) is 7. The Morgan fingerprint density at radius 1 is 0.909 bits per heavy atom. The van der Waals surface area contributed by atoms with Crippen molar-refractivity contribution in [3.63, 3.8) is 0 Å². The van der Waals surface area contributed by atoms with E-state index in [9.17, 15) is 29.4 Å². The zero-order valence-corrected chi connectivity index (χ0v) is 11.5. The van der Waals surface area contributed by atoms with E-state index in [0.29, 0.717) is 0 Å². The Balaban J connectivity index is 2.89. The Hall–Kier alpha value is -3.22. The molecule has 2 aromatic rings. The van der Waals surface area contributed by atoms with Crippen LogP contribution in [0.15, 0.2) is 43.6 Å². The normalized spacial score (nSPS) is 13.4. The Labute approximate surface area is 123 Å². The van der Waals surface area contributed by atoms with Gasteiger partial charge in [0.15, 0.2) is 11.5 Å². The topological polar surface area (TPSA) is 135 Å². The number of hydrogen-bond donors (Lipinski definition) is 3. The summed E-state index contributed by atoms with van der Waals surface area (Å²) in [4.78, 5) is 45.5. The van der Waals surface area contributed by atoms with Crippen LogP contribution in [0.1, 0.15) is 18.1 Å². The summed E-state index contributed by atoms with van der Waals surface area (Å²) in [7, 11) is 0. The van der Waals surface area contributed by atoms with Crippen LogP contribution in [0.5, 0.6) is 11.5 Å². The van der Waals surface area contributed by atoms with Gasteiger partial charge in [-0.2, -0.15) is 0 Å². The lowest BCUT2D eigenvalue weighted by Crippen LogP contribution is -2.36. The molecule has 0 radical (unpaired) electrons. The van der Waals surface area contributed by atoms with Crippen molar-refractivity contribution < 1.29 is 10.2 Å². The van der Waals surface area contributed by atoms with Crippen LogP contribution >= 0.6 is 0 Å². The first-order valence-corrected chi connectivity index (χ1v) is 6.08. The molecule has 7 heteroatoms. The minimum atomic E-state index is -1.06. The fourth-order valence-electron chi connectivity index (χ4n) is 2.12. The van der Waals surface area contributed by atoms with Crippen LogP contribution in [0.3, 0.4) is 0 Å². The van der Waals surface area contributed by atoms with Gasteiger partial charge in [-0.3, -0.25) is 19.2 Å². The summed E-state index contributed by atoms with van der Waals surface area (Å²) >= 11 is 0. The molecule has 4 N–H and O–H groups in total. The maximum atomic E-state index is 11.6. The Morgan fingerprint density at radius 3 is 1.64 bits per heavy atom. The highest BCUT2D eigenvalue weighted by Gasteiger charge is 2.29. The van der Waals surface area contributed by atoms with Gasteiger partial charge in [-0.05, 0) is 24.1 Å². The van der Waals surface area contributed by atoms with Crippen LogP contribution in [-0.4, -0.2) is 10.2 Å². The smallest absolute Gasteiger partial charge is 0.268 e. The predicted octanol–water partition coefficient (Wildman–Crippen LogP) is -0.751. The van der Waals surface area contributed by atoms with Gasteiger partial charge in [-0.15, -0.1) is 0 Å². The van der Waals surface area contributed by atoms with Crippen LogP contribution < -0.4 is 27.4 Å². The molecule has 0 spiro atoms. The van der Waals surface area contributed by atoms with Crippen LogP contribution in [0.25, 0.3) is 11.1 Å².